The van der Waals surface area contributed by atoms with E-state index < -0.39 is 0 Å². The minimum absolute atomic E-state index is 0.721. The number of hydrogen-bond donors (Lipinski definition) is 1. The van der Waals surface area contributed by atoms with Gasteiger partial charge in [-0.05, 0) is 66.1 Å². The predicted octanol–water partition coefficient (Wildman–Crippen LogP) is 2.65. The molecule has 2 aliphatic heterocycles. The molecule has 1 fully saturated rings. The largest absolute Gasteiger partial charge is 0.490 e. The molecule has 1 saturated heterocycles. The zero-order valence-electron chi connectivity index (χ0n) is 12.5. The lowest BCUT2D eigenvalue weighted by atomic mass is 10.1. The van der Waals surface area contributed by atoms with E-state index in [9.17, 15) is 0 Å². The van der Waals surface area contributed by atoms with Crippen molar-refractivity contribution in [3.8, 4) is 11.5 Å². The number of benzene rings is 1. The van der Waals surface area contributed by atoms with Crippen molar-refractivity contribution in [2.75, 3.05) is 39.9 Å². The van der Waals surface area contributed by atoms with Crippen molar-refractivity contribution in [1.82, 2.24) is 10.2 Å². The van der Waals surface area contributed by atoms with E-state index >= 15 is 0 Å². The molecule has 0 spiro atoms. The number of fused-ring (bicyclic) bond motifs is 1. The minimum Gasteiger partial charge on any atom is -0.490 e. The zero-order chi connectivity index (χ0) is 14.7. The molecule has 21 heavy (non-hydrogen) atoms. The minimum atomic E-state index is 0.721. The van der Waals surface area contributed by atoms with E-state index in [0.29, 0.717) is 0 Å². The Bertz CT molecular complexity index is 495. The molecule has 0 radical (unpaired) electrons. The molecule has 2 heterocycles. The van der Waals surface area contributed by atoms with Crippen LogP contribution in [-0.4, -0.2) is 44.8 Å². The van der Waals surface area contributed by atoms with Gasteiger partial charge in [0, 0.05) is 19.5 Å². The Balaban J connectivity index is 1.58. The quantitative estimate of drug-likeness (QED) is 0.901. The molecule has 4 nitrogen and oxygen atoms in total. The van der Waals surface area contributed by atoms with Gasteiger partial charge in [-0.25, -0.2) is 0 Å². The summed E-state index contributed by atoms with van der Waals surface area (Å²) in [6.07, 6.45) is 2.23. The molecule has 1 aromatic rings. The van der Waals surface area contributed by atoms with Gasteiger partial charge in [-0.1, -0.05) is 0 Å². The highest BCUT2D eigenvalue weighted by Crippen LogP contribution is 2.38. The number of ether oxygens (including phenoxy) is 2. The first-order valence-corrected chi connectivity index (χ1v) is 8.49. The van der Waals surface area contributed by atoms with Crippen LogP contribution in [0.3, 0.4) is 0 Å². The van der Waals surface area contributed by atoms with Gasteiger partial charge in [-0.2, -0.15) is 0 Å². The Labute approximate surface area is 134 Å². The van der Waals surface area contributed by atoms with E-state index in [1.165, 1.54) is 25.1 Å². The fraction of sp³-hybridized carbons (Fsp3) is 0.625. The summed E-state index contributed by atoms with van der Waals surface area (Å²) in [7, 11) is 2.20. The third-order valence-electron chi connectivity index (χ3n) is 4.11. The number of likely N-dealkylation sites (tertiary alicyclic amines) is 1. The van der Waals surface area contributed by atoms with E-state index in [0.717, 1.165) is 54.6 Å². The standard InChI is InChI=1S/C16H23BrN2O2/c1-19-4-3-12(11-19)9-18-10-13-7-14(17)16-15(8-13)20-5-2-6-21-16/h7-8,12,18H,2-6,9-11H2,1H3. The van der Waals surface area contributed by atoms with Gasteiger partial charge in [0.25, 0.3) is 0 Å². The molecule has 1 unspecified atom stereocenters. The number of rotatable bonds is 4. The Morgan fingerprint density at radius 2 is 2.19 bits per heavy atom. The lowest BCUT2D eigenvalue weighted by Gasteiger charge is -2.14. The molecule has 116 valence electrons. The maximum absolute atomic E-state index is 5.77. The van der Waals surface area contributed by atoms with Gasteiger partial charge in [0.1, 0.15) is 0 Å². The van der Waals surface area contributed by atoms with E-state index in [4.69, 9.17) is 9.47 Å². The topological polar surface area (TPSA) is 33.7 Å². The molecule has 0 bridgehead atoms. The second kappa shape index (κ2) is 6.99. The lowest BCUT2D eigenvalue weighted by molar-refractivity contribution is 0.296. The SMILES string of the molecule is CN1CCC(CNCc2cc(Br)c3c(c2)OCCCO3)C1. The van der Waals surface area contributed by atoms with E-state index in [2.05, 4.69) is 45.3 Å². The number of halogens is 1. The molecule has 1 atom stereocenters. The highest BCUT2D eigenvalue weighted by molar-refractivity contribution is 9.10. The van der Waals surface area contributed by atoms with Crippen LogP contribution in [0.4, 0.5) is 0 Å². The summed E-state index contributed by atoms with van der Waals surface area (Å²) in [6.45, 7) is 5.83. The van der Waals surface area contributed by atoms with Crippen molar-refractivity contribution < 1.29 is 9.47 Å². The molecular weight excluding hydrogens is 332 g/mol. The molecule has 2 aliphatic rings. The second-order valence-corrected chi connectivity index (χ2v) is 6.86. The van der Waals surface area contributed by atoms with Crippen LogP contribution in [0.15, 0.2) is 16.6 Å². The average molecular weight is 355 g/mol. The van der Waals surface area contributed by atoms with Crippen LogP contribution in [0.2, 0.25) is 0 Å². The molecule has 5 heteroatoms. The summed E-state index contributed by atoms with van der Waals surface area (Å²) < 4.78 is 12.5. The van der Waals surface area contributed by atoms with Crippen LogP contribution < -0.4 is 14.8 Å². The molecular formula is C16H23BrN2O2. The third kappa shape index (κ3) is 3.90. The van der Waals surface area contributed by atoms with Crippen LogP contribution in [0.1, 0.15) is 18.4 Å². The van der Waals surface area contributed by atoms with Crippen molar-refractivity contribution >= 4 is 15.9 Å². The normalized spacial score (nSPS) is 22.3. The van der Waals surface area contributed by atoms with Crippen LogP contribution in [0.5, 0.6) is 11.5 Å². The van der Waals surface area contributed by atoms with Crippen molar-refractivity contribution in [2.45, 2.75) is 19.4 Å². The van der Waals surface area contributed by atoms with Crippen LogP contribution in [0.25, 0.3) is 0 Å². The van der Waals surface area contributed by atoms with Crippen LogP contribution >= 0.6 is 15.9 Å². The van der Waals surface area contributed by atoms with Gasteiger partial charge in [0.2, 0.25) is 0 Å². The van der Waals surface area contributed by atoms with Gasteiger partial charge < -0.3 is 19.7 Å². The Morgan fingerprint density at radius 1 is 1.33 bits per heavy atom. The van der Waals surface area contributed by atoms with Crippen molar-refractivity contribution in [3.63, 3.8) is 0 Å². The fourth-order valence-electron chi connectivity index (χ4n) is 3.00. The average Bonchev–Trinajstić information content (AvgIpc) is 2.73. The van der Waals surface area contributed by atoms with E-state index in [1.54, 1.807) is 0 Å². The zero-order valence-corrected chi connectivity index (χ0v) is 14.1. The summed E-state index contributed by atoms with van der Waals surface area (Å²) in [5.41, 5.74) is 1.23. The number of nitrogens with one attached hydrogen (secondary N) is 1. The molecule has 1 N–H and O–H groups in total. The lowest BCUT2D eigenvalue weighted by Crippen LogP contribution is -2.24. The van der Waals surface area contributed by atoms with Gasteiger partial charge in [-0.15, -0.1) is 0 Å². The predicted molar refractivity (Wildman–Crippen MR) is 87.1 cm³/mol. The van der Waals surface area contributed by atoms with Gasteiger partial charge >= 0.3 is 0 Å². The first-order valence-electron chi connectivity index (χ1n) is 7.69. The van der Waals surface area contributed by atoms with Gasteiger partial charge in [0.05, 0.1) is 17.7 Å². The highest BCUT2D eigenvalue weighted by atomic mass is 79.9. The molecule has 0 aliphatic carbocycles. The summed E-state index contributed by atoms with van der Waals surface area (Å²) in [5, 5.41) is 3.57. The first-order chi connectivity index (χ1) is 10.2. The molecule has 0 aromatic heterocycles. The monoisotopic (exact) mass is 354 g/mol. The van der Waals surface area contributed by atoms with E-state index in [1.807, 2.05) is 0 Å². The van der Waals surface area contributed by atoms with Gasteiger partial charge in [-0.3, -0.25) is 0 Å². The summed E-state index contributed by atoms with van der Waals surface area (Å²) in [5.74, 6) is 2.48. The molecule has 3 rings (SSSR count). The van der Waals surface area contributed by atoms with Crippen molar-refractivity contribution in [3.05, 3.63) is 22.2 Å². The van der Waals surface area contributed by atoms with Crippen LogP contribution in [-0.2, 0) is 6.54 Å². The summed E-state index contributed by atoms with van der Waals surface area (Å²) >= 11 is 3.59. The second-order valence-electron chi connectivity index (χ2n) is 6.00. The first kappa shape index (κ1) is 15.1. The maximum atomic E-state index is 5.77. The van der Waals surface area contributed by atoms with Gasteiger partial charge in [0.15, 0.2) is 11.5 Å². The number of hydrogen-bond acceptors (Lipinski definition) is 4. The Kier molecular flexibility index (Phi) is 5.03. The van der Waals surface area contributed by atoms with Crippen molar-refractivity contribution in [2.24, 2.45) is 5.92 Å². The smallest absolute Gasteiger partial charge is 0.175 e. The summed E-state index contributed by atoms with van der Waals surface area (Å²) in [6, 6.07) is 4.22. The Hall–Kier alpha value is -0.780. The summed E-state index contributed by atoms with van der Waals surface area (Å²) in [4.78, 5) is 2.40. The molecule has 0 saturated carbocycles. The van der Waals surface area contributed by atoms with Crippen LogP contribution in [0, 0.1) is 5.92 Å². The van der Waals surface area contributed by atoms with E-state index in [-0.39, 0.29) is 0 Å². The third-order valence-corrected chi connectivity index (χ3v) is 4.70. The molecule has 1 aromatic carbocycles. The Morgan fingerprint density at radius 3 is 3.00 bits per heavy atom. The molecule has 0 amide bonds. The number of nitrogens with zero attached hydrogens (tertiary/aromatic N) is 1. The highest BCUT2D eigenvalue weighted by Gasteiger charge is 2.19. The van der Waals surface area contributed by atoms with Crippen molar-refractivity contribution in [1.29, 1.82) is 0 Å². The fourth-order valence-corrected chi connectivity index (χ4v) is 3.60. The maximum Gasteiger partial charge on any atom is 0.175 e.